The Balaban J connectivity index is 2.61. The van der Waals surface area contributed by atoms with Crippen LogP contribution in [0.1, 0.15) is 16.5 Å². The molecule has 0 aromatic carbocycles. The van der Waals surface area contributed by atoms with Crippen molar-refractivity contribution < 1.29 is 26.7 Å². The third-order valence-electron chi connectivity index (χ3n) is 2.95. The Morgan fingerprint density at radius 1 is 1.43 bits per heavy atom. The quantitative estimate of drug-likeness (QED) is 0.817. The van der Waals surface area contributed by atoms with Gasteiger partial charge in [0.05, 0.1) is 0 Å². The predicted molar refractivity (Wildman–Crippen MR) is 62.4 cm³/mol. The highest BCUT2D eigenvalue weighted by molar-refractivity contribution is 5.91. The molecule has 1 aliphatic rings. The van der Waals surface area contributed by atoms with Gasteiger partial charge in [0.25, 0.3) is 11.6 Å². The molecule has 2 unspecified atom stereocenters. The maximum absolute atomic E-state index is 14.3. The van der Waals surface area contributed by atoms with E-state index in [0.717, 1.165) is 6.07 Å². The Bertz CT molecular complexity index is 648. The van der Waals surface area contributed by atoms with Crippen LogP contribution in [-0.2, 0) is 0 Å². The summed E-state index contributed by atoms with van der Waals surface area (Å²) in [5, 5.41) is 3.35. The molecule has 2 atom stereocenters. The van der Waals surface area contributed by atoms with Crippen molar-refractivity contribution in [3.05, 3.63) is 35.8 Å². The first-order chi connectivity index (χ1) is 9.58. The Hall–Kier alpha value is -2.39. The minimum Gasteiger partial charge on any atom is -0.384 e. The molecule has 0 saturated carbocycles. The van der Waals surface area contributed by atoms with Crippen LogP contribution in [0.25, 0.3) is 0 Å². The van der Waals surface area contributed by atoms with Gasteiger partial charge in [-0.15, -0.1) is 0 Å². The summed E-state index contributed by atoms with van der Waals surface area (Å²) in [6, 6.07) is -1.67. The van der Waals surface area contributed by atoms with E-state index in [9.17, 15) is 26.7 Å². The number of nitrogens with two attached hydrogens (primary N) is 2. The fourth-order valence-electron chi connectivity index (χ4n) is 1.94. The van der Waals surface area contributed by atoms with Gasteiger partial charge in [0, 0.05) is 6.07 Å². The summed E-state index contributed by atoms with van der Waals surface area (Å²) < 4.78 is 67.2. The minimum absolute atomic E-state index is 0.159. The molecular weight excluding hydrogens is 299 g/mol. The molecule has 0 aliphatic heterocycles. The van der Waals surface area contributed by atoms with Crippen molar-refractivity contribution in [2.24, 2.45) is 5.73 Å². The highest BCUT2D eigenvalue weighted by atomic mass is 19.4. The number of carbonyl (C=O) groups excluding carboxylic acids is 1. The summed E-state index contributed by atoms with van der Waals surface area (Å²) in [5.41, 5.74) is 5.73. The topological polar surface area (TPSA) is 86.9 Å². The highest BCUT2D eigenvalue weighted by Crippen LogP contribution is 2.49. The van der Waals surface area contributed by atoms with E-state index in [-0.39, 0.29) is 10.8 Å². The number of amides is 1. The number of halogens is 5. The molecule has 10 heteroatoms. The van der Waals surface area contributed by atoms with Gasteiger partial charge in [-0.05, 0) is 12.2 Å². The molecule has 0 bridgehead atoms. The summed E-state index contributed by atoms with van der Waals surface area (Å²) in [6.45, 7) is 0. The fourth-order valence-corrected chi connectivity index (χ4v) is 1.94. The van der Waals surface area contributed by atoms with E-state index in [1.165, 1.54) is 0 Å². The Labute approximate surface area is 114 Å². The Morgan fingerprint density at radius 3 is 2.52 bits per heavy atom. The van der Waals surface area contributed by atoms with Gasteiger partial charge >= 0.3 is 6.18 Å². The van der Waals surface area contributed by atoms with E-state index in [1.54, 1.807) is 0 Å². The van der Waals surface area contributed by atoms with E-state index in [0.29, 0.717) is 12.2 Å². The lowest BCUT2D eigenvalue weighted by atomic mass is 9.90. The number of primary amides is 1. The van der Waals surface area contributed by atoms with Crippen LogP contribution in [0.15, 0.2) is 30.1 Å². The van der Waals surface area contributed by atoms with Crippen molar-refractivity contribution in [1.29, 1.82) is 0 Å². The number of alkyl halides is 4. The molecule has 0 spiro atoms. The zero-order chi connectivity index (χ0) is 16.0. The van der Waals surface area contributed by atoms with Crippen LogP contribution >= 0.6 is 0 Å². The van der Waals surface area contributed by atoms with Gasteiger partial charge in [0.2, 0.25) is 0 Å². The molecule has 0 radical (unpaired) electrons. The van der Waals surface area contributed by atoms with Crippen LogP contribution in [0.2, 0.25) is 0 Å². The number of rotatable bonds is 2. The monoisotopic (exact) mass is 308 g/mol. The highest BCUT2D eigenvalue weighted by Gasteiger charge is 2.62. The molecule has 1 aromatic heterocycles. The second-order valence-electron chi connectivity index (χ2n) is 4.34. The zero-order valence-corrected chi connectivity index (χ0v) is 10.2. The summed E-state index contributed by atoms with van der Waals surface area (Å²) in [5.74, 6) is -3.06. The van der Waals surface area contributed by atoms with Crippen LogP contribution < -0.4 is 11.5 Å². The maximum Gasteiger partial charge on any atom is 0.428 e. The van der Waals surface area contributed by atoms with Crippen molar-refractivity contribution in [1.82, 2.24) is 9.78 Å². The van der Waals surface area contributed by atoms with Gasteiger partial charge in [0.15, 0.2) is 11.7 Å². The first-order valence-electron chi connectivity index (χ1n) is 5.53. The first kappa shape index (κ1) is 15.0. The van der Waals surface area contributed by atoms with Gasteiger partial charge in [-0.1, -0.05) is 6.08 Å². The van der Waals surface area contributed by atoms with E-state index in [2.05, 4.69) is 5.10 Å². The molecule has 2 rings (SSSR count). The Morgan fingerprint density at radius 2 is 2.05 bits per heavy atom. The van der Waals surface area contributed by atoms with Crippen LogP contribution in [0.5, 0.6) is 0 Å². The largest absolute Gasteiger partial charge is 0.428 e. The molecule has 4 N–H and O–H groups in total. The van der Waals surface area contributed by atoms with Gasteiger partial charge in [0.1, 0.15) is 11.6 Å². The van der Waals surface area contributed by atoms with Crippen molar-refractivity contribution in [2.75, 3.05) is 5.73 Å². The van der Waals surface area contributed by atoms with Crippen molar-refractivity contribution in [2.45, 2.75) is 17.9 Å². The van der Waals surface area contributed by atoms with Crippen LogP contribution in [0, 0.1) is 0 Å². The number of carbonyl (C=O) groups is 1. The number of nitrogens with zero attached hydrogens (tertiary/aromatic N) is 2. The zero-order valence-electron chi connectivity index (χ0n) is 10.2. The molecule has 0 saturated heterocycles. The molecule has 21 heavy (non-hydrogen) atoms. The normalized spacial score (nSPS) is 25.8. The summed E-state index contributed by atoms with van der Waals surface area (Å²) in [7, 11) is 0. The predicted octanol–water partition coefficient (Wildman–Crippen LogP) is 1.80. The summed E-state index contributed by atoms with van der Waals surface area (Å²) in [4.78, 5) is 10.9. The number of hydrogen-bond acceptors (Lipinski definition) is 3. The third-order valence-corrected chi connectivity index (χ3v) is 2.95. The number of allylic oxidation sites excluding steroid dienone is 4. The van der Waals surface area contributed by atoms with Crippen molar-refractivity contribution in [3.63, 3.8) is 0 Å². The molecular formula is C11H9F5N4O. The fraction of sp³-hybridized carbons (Fsp3) is 0.273. The first-order valence-corrected chi connectivity index (χ1v) is 5.53. The Kier molecular flexibility index (Phi) is 3.27. The standard InChI is InChI=1S/C11H9F5N4O/c12-5-2-1-3-10(13,11(14,15)16)8(5)20-7(17)4-6(19-20)9(18)21/h1-4,8H,17H2,(H2,18,21). The second-order valence-corrected chi connectivity index (χ2v) is 4.34. The van der Waals surface area contributed by atoms with Gasteiger partial charge in [-0.3, -0.25) is 4.79 Å². The molecule has 0 fully saturated rings. The number of hydrogen-bond donors (Lipinski definition) is 2. The van der Waals surface area contributed by atoms with Crippen molar-refractivity contribution >= 4 is 11.7 Å². The minimum atomic E-state index is -5.41. The number of anilines is 1. The van der Waals surface area contributed by atoms with Gasteiger partial charge < -0.3 is 11.5 Å². The summed E-state index contributed by atoms with van der Waals surface area (Å²) >= 11 is 0. The lowest BCUT2D eigenvalue weighted by molar-refractivity contribution is -0.225. The number of aromatic nitrogens is 2. The van der Waals surface area contributed by atoms with E-state index >= 15 is 0 Å². The van der Waals surface area contributed by atoms with Crippen LogP contribution in [0.4, 0.5) is 27.8 Å². The third kappa shape index (κ3) is 2.26. The van der Waals surface area contributed by atoms with Crippen LogP contribution in [-0.4, -0.2) is 27.5 Å². The molecule has 1 heterocycles. The maximum atomic E-state index is 14.3. The molecule has 1 aliphatic carbocycles. The van der Waals surface area contributed by atoms with E-state index in [1.807, 2.05) is 0 Å². The molecule has 114 valence electrons. The average Bonchev–Trinajstić information content (AvgIpc) is 2.70. The lowest BCUT2D eigenvalue weighted by Gasteiger charge is -2.34. The average molecular weight is 308 g/mol. The lowest BCUT2D eigenvalue weighted by Crippen LogP contribution is -2.48. The second kappa shape index (κ2) is 4.57. The van der Waals surface area contributed by atoms with Crippen molar-refractivity contribution in [3.8, 4) is 0 Å². The van der Waals surface area contributed by atoms with E-state index in [4.69, 9.17) is 11.5 Å². The SMILES string of the molecule is NC(=O)c1cc(N)n(C2C(F)=CC=CC2(F)C(F)(F)F)n1. The van der Waals surface area contributed by atoms with Crippen LogP contribution in [0.3, 0.4) is 0 Å². The van der Waals surface area contributed by atoms with E-state index < -0.39 is 41.1 Å². The van der Waals surface area contributed by atoms with Gasteiger partial charge in [-0.25, -0.2) is 13.5 Å². The smallest absolute Gasteiger partial charge is 0.384 e. The summed E-state index contributed by atoms with van der Waals surface area (Å²) in [6.07, 6.45) is -4.00. The molecule has 1 aromatic rings. The van der Waals surface area contributed by atoms with Gasteiger partial charge in [-0.2, -0.15) is 18.3 Å². The number of nitrogen functional groups attached to an aromatic ring is 1. The molecule has 5 nitrogen and oxygen atoms in total. The molecule has 1 amide bonds.